The van der Waals surface area contributed by atoms with E-state index in [9.17, 15) is 4.79 Å². The topological polar surface area (TPSA) is 53.4 Å². The molecule has 0 saturated carbocycles. The van der Waals surface area contributed by atoms with E-state index in [0.717, 1.165) is 45.0 Å². The lowest BCUT2D eigenvalue weighted by atomic mass is 10.3. The molecule has 3 rings (SSSR count). The average Bonchev–Trinajstić information content (AvgIpc) is 3.13. The van der Waals surface area contributed by atoms with Gasteiger partial charge in [-0.2, -0.15) is 5.10 Å². The third kappa shape index (κ3) is 4.56. The summed E-state index contributed by atoms with van der Waals surface area (Å²) in [4.78, 5) is 16.6. The molecule has 0 radical (unpaired) electrons. The maximum Gasteiger partial charge on any atom is 0.241 e. The van der Waals surface area contributed by atoms with Crippen LogP contribution in [-0.4, -0.2) is 64.8 Å². The molecule has 0 bridgehead atoms. The zero-order valence-electron chi connectivity index (χ0n) is 13.3. The summed E-state index contributed by atoms with van der Waals surface area (Å²) in [5.41, 5.74) is 0.985. The van der Waals surface area contributed by atoms with Crippen LogP contribution in [0, 0.1) is 0 Å². The molecule has 2 aromatic rings. The fraction of sp³-hybridized carbons (Fsp3) is 0.412. The first-order chi connectivity index (χ1) is 11.3. The second-order valence-corrected chi connectivity index (χ2v) is 5.71. The first-order valence-corrected chi connectivity index (χ1v) is 8.08. The molecule has 23 heavy (non-hydrogen) atoms. The van der Waals surface area contributed by atoms with Crippen molar-refractivity contribution in [3.05, 3.63) is 48.8 Å². The van der Waals surface area contributed by atoms with E-state index in [4.69, 9.17) is 0 Å². The number of nitrogens with zero attached hydrogens (tertiary/aromatic N) is 4. The summed E-state index contributed by atoms with van der Waals surface area (Å²) in [7, 11) is 0. The molecular weight excluding hydrogens is 290 g/mol. The van der Waals surface area contributed by atoms with Crippen LogP contribution in [0.1, 0.15) is 0 Å². The lowest BCUT2D eigenvalue weighted by molar-refractivity contribution is -0.131. The predicted molar refractivity (Wildman–Crippen MR) is 90.2 cm³/mol. The number of amides is 1. The van der Waals surface area contributed by atoms with Gasteiger partial charge in [-0.25, -0.2) is 0 Å². The van der Waals surface area contributed by atoms with Crippen LogP contribution in [0.2, 0.25) is 0 Å². The monoisotopic (exact) mass is 313 g/mol. The maximum absolute atomic E-state index is 12.3. The summed E-state index contributed by atoms with van der Waals surface area (Å²) < 4.78 is 1.95. The predicted octanol–water partition coefficient (Wildman–Crippen LogP) is 1.14. The number of carbonyl (C=O) groups is 1. The minimum Gasteiger partial charge on any atom is -0.376 e. The van der Waals surface area contributed by atoms with E-state index in [0.29, 0.717) is 6.54 Å². The van der Waals surface area contributed by atoms with Crippen molar-refractivity contribution >= 4 is 11.6 Å². The minimum atomic E-state index is 0.167. The van der Waals surface area contributed by atoms with Crippen LogP contribution < -0.4 is 5.32 Å². The van der Waals surface area contributed by atoms with Crippen molar-refractivity contribution in [1.29, 1.82) is 0 Å². The molecule has 0 aliphatic carbocycles. The van der Waals surface area contributed by atoms with Crippen molar-refractivity contribution < 1.29 is 4.79 Å². The van der Waals surface area contributed by atoms with Crippen LogP contribution in [-0.2, 0) is 11.3 Å². The number of para-hydroxylation sites is 1. The second-order valence-electron chi connectivity index (χ2n) is 5.71. The van der Waals surface area contributed by atoms with Crippen molar-refractivity contribution in [1.82, 2.24) is 19.6 Å². The first kappa shape index (κ1) is 15.6. The van der Waals surface area contributed by atoms with Gasteiger partial charge in [0.25, 0.3) is 0 Å². The van der Waals surface area contributed by atoms with Crippen LogP contribution in [0.3, 0.4) is 0 Å². The molecule has 2 heterocycles. The highest BCUT2D eigenvalue weighted by molar-refractivity contribution is 5.81. The second kappa shape index (κ2) is 7.78. The Labute approximate surface area is 136 Å². The quantitative estimate of drug-likeness (QED) is 0.869. The van der Waals surface area contributed by atoms with E-state index in [2.05, 4.69) is 15.3 Å². The summed E-state index contributed by atoms with van der Waals surface area (Å²) in [5.74, 6) is 0.167. The smallest absolute Gasteiger partial charge is 0.241 e. The summed E-state index contributed by atoms with van der Waals surface area (Å²) in [6.45, 7) is 5.69. The van der Waals surface area contributed by atoms with Crippen molar-refractivity contribution in [2.75, 3.05) is 44.6 Å². The molecule has 1 aliphatic heterocycles. The van der Waals surface area contributed by atoms with Gasteiger partial charge in [-0.1, -0.05) is 18.2 Å². The molecule has 1 aromatic heterocycles. The number of carbonyl (C=O) groups excluding carboxylic acids is 1. The molecule has 1 aromatic carbocycles. The normalized spacial score (nSPS) is 15.6. The Hall–Kier alpha value is -2.34. The highest BCUT2D eigenvalue weighted by Gasteiger charge is 2.20. The number of benzene rings is 1. The fourth-order valence-electron chi connectivity index (χ4n) is 2.74. The molecule has 122 valence electrons. The van der Waals surface area contributed by atoms with E-state index in [1.54, 1.807) is 6.20 Å². The Morgan fingerprint density at radius 1 is 1.04 bits per heavy atom. The number of anilines is 1. The van der Waals surface area contributed by atoms with Crippen molar-refractivity contribution in [3.63, 3.8) is 0 Å². The third-order valence-corrected chi connectivity index (χ3v) is 4.15. The minimum absolute atomic E-state index is 0.167. The SMILES string of the molecule is O=C(CNc1ccccc1)N1CCN(CCn2cccn2)CC1. The number of rotatable bonds is 6. The van der Waals surface area contributed by atoms with Crippen LogP contribution in [0.15, 0.2) is 48.8 Å². The molecule has 0 unspecified atom stereocenters. The van der Waals surface area contributed by atoms with Crippen molar-refractivity contribution in [2.24, 2.45) is 0 Å². The van der Waals surface area contributed by atoms with Gasteiger partial charge in [-0.05, 0) is 18.2 Å². The van der Waals surface area contributed by atoms with Crippen molar-refractivity contribution in [2.45, 2.75) is 6.54 Å². The third-order valence-electron chi connectivity index (χ3n) is 4.15. The highest BCUT2D eigenvalue weighted by Crippen LogP contribution is 2.06. The highest BCUT2D eigenvalue weighted by atomic mass is 16.2. The lowest BCUT2D eigenvalue weighted by Crippen LogP contribution is -2.50. The maximum atomic E-state index is 12.3. The molecule has 1 saturated heterocycles. The van der Waals surface area contributed by atoms with Gasteiger partial charge < -0.3 is 10.2 Å². The van der Waals surface area contributed by atoms with Gasteiger partial charge in [-0.3, -0.25) is 14.4 Å². The van der Waals surface area contributed by atoms with Crippen LogP contribution in [0.25, 0.3) is 0 Å². The number of hydrogen-bond donors (Lipinski definition) is 1. The van der Waals surface area contributed by atoms with Crippen LogP contribution in [0.4, 0.5) is 5.69 Å². The summed E-state index contributed by atoms with van der Waals surface area (Å²) >= 11 is 0. The molecule has 6 heteroatoms. The largest absolute Gasteiger partial charge is 0.376 e. The van der Waals surface area contributed by atoms with Gasteiger partial charge in [0, 0.05) is 50.8 Å². The number of piperazine rings is 1. The summed E-state index contributed by atoms with van der Waals surface area (Å²) in [5, 5.41) is 7.39. The van der Waals surface area contributed by atoms with Gasteiger partial charge in [-0.15, -0.1) is 0 Å². The number of nitrogens with one attached hydrogen (secondary N) is 1. The van der Waals surface area contributed by atoms with Gasteiger partial charge >= 0.3 is 0 Å². The molecule has 1 fully saturated rings. The molecule has 0 atom stereocenters. The number of hydrogen-bond acceptors (Lipinski definition) is 4. The molecule has 1 aliphatic rings. The Balaban J connectivity index is 1.37. The summed E-state index contributed by atoms with van der Waals surface area (Å²) in [6.07, 6.45) is 3.78. The molecule has 1 N–H and O–H groups in total. The van der Waals surface area contributed by atoms with E-state index in [1.807, 2.05) is 52.2 Å². The van der Waals surface area contributed by atoms with Gasteiger partial charge in [0.2, 0.25) is 5.91 Å². The molecule has 0 spiro atoms. The van der Waals surface area contributed by atoms with E-state index in [-0.39, 0.29) is 5.91 Å². The zero-order valence-corrected chi connectivity index (χ0v) is 13.3. The first-order valence-electron chi connectivity index (χ1n) is 8.08. The zero-order chi connectivity index (χ0) is 15.9. The van der Waals surface area contributed by atoms with Crippen molar-refractivity contribution in [3.8, 4) is 0 Å². The van der Waals surface area contributed by atoms with E-state index >= 15 is 0 Å². The average molecular weight is 313 g/mol. The number of aromatic nitrogens is 2. The molecular formula is C17H23N5O. The van der Waals surface area contributed by atoms with E-state index in [1.165, 1.54) is 0 Å². The Bertz CT molecular complexity index is 591. The van der Waals surface area contributed by atoms with Gasteiger partial charge in [0.1, 0.15) is 0 Å². The Morgan fingerprint density at radius 2 is 1.83 bits per heavy atom. The van der Waals surface area contributed by atoms with E-state index < -0.39 is 0 Å². The Kier molecular flexibility index (Phi) is 5.26. The Morgan fingerprint density at radius 3 is 2.52 bits per heavy atom. The molecule has 6 nitrogen and oxygen atoms in total. The summed E-state index contributed by atoms with van der Waals surface area (Å²) in [6, 6.07) is 11.8. The van der Waals surface area contributed by atoms with Crippen LogP contribution >= 0.6 is 0 Å². The van der Waals surface area contributed by atoms with Crippen LogP contribution in [0.5, 0.6) is 0 Å². The standard InChI is InChI=1S/C17H23N5O/c23-17(15-18-16-5-2-1-3-6-16)21-12-9-20(10-13-21)11-14-22-8-4-7-19-22/h1-8,18H,9-15H2. The fourth-order valence-corrected chi connectivity index (χ4v) is 2.74. The lowest BCUT2D eigenvalue weighted by Gasteiger charge is -2.34. The van der Waals surface area contributed by atoms with Gasteiger partial charge in [0.15, 0.2) is 0 Å². The van der Waals surface area contributed by atoms with Gasteiger partial charge in [0.05, 0.1) is 13.1 Å². The molecule has 1 amide bonds.